The van der Waals surface area contributed by atoms with Crippen LogP contribution in [0.4, 0.5) is 11.4 Å². The molecule has 0 saturated heterocycles. The lowest BCUT2D eigenvalue weighted by atomic mass is 10.0. The number of thiol groups is 1. The van der Waals surface area contributed by atoms with E-state index in [1.165, 1.54) is 0 Å². The first-order valence-corrected chi connectivity index (χ1v) is 5.02. The Morgan fingerprint density at radius 1 is 1.29 bits per heavy atom. The molecule has 8 heteroatoms. The minimum atomic E-state index is -0.785. The maximum atomic E-state index is 11.2. The Labute approximate surface area is 101 Å². The Hall–Kier alpha value is -1.96. The van der Waals surface area contributed by atoms with Gasteiger partial charge in [-0.1, -0.05) is 6.92 Å². The molecule has 0 atom stereocenters. The summed E-state index contributed by atoms with van der Waals surface area (Å²) in [4.78, 5) is 31.0. The molecule has 0 amide bonds. The van der Waals surface area contributed by atoms with Gasteiger partial charge in [-0.3, -0.25) is 25.0 Å². The van der Waals surface area contributed by atoms with E-state index >= 15 is 0 Å². The van der Waals surface area contributed by atoms with E-state index < -0.39 is 26.3 Å². The lowest BCUT2D eigenvalue weighted by molar-refractivity contribution is -0.394. The summed E-state index contributed by atoms with van der Waals surface area (Å²) in [5.41, 5.74) is -0.872. The van der Waals surface area contributed by atoms with E-state index in [0.717, 1.165) is 12.1 Å². The SMILES string of the molecule is CCc1c(C(=O)S)cc([N+](=O)[O-])cc1[N+](=O)[O-]. The van der Waals surface area contributed by atoms with Crippen LogP contribution in [-0.4, -0.2) is 15.0 Å². The summed E-state index contributed by atoms with van der Waals surface area (Å²) in [6, 6.07) is 1.85. The Balaban J connectivity index is 3.63. The average molecular weight is 256 g/mol. The van der Waals surface area contributed by atoms with Gasteiger partial charge in [-0.15, -0.1) is 12.6 Å². The molecule has 7 nitrogen and oxygen atoms in total. The first-order valence-electron chi connectivity index (χ1n) is 4.57. The maximum absolute atomic E-state index is 11.2. The van der Waals surface area contributed by atoms with Crippen LogP contribution in [0.2, 0.25) is 0 Å². The van der Waals surface area contributed by atoms with Crippen LogP contribution in [0.1, 0.15) is 22.8 Å². The number of nitro groups is 2. The predicted molar refractivity (Wildman–Crippen MR) is 62.4 cm³/mol. The molecule has 1 aromatic carbocycles. The van der Waals surface area contributed by atoms with Crippen molar-refractivity contribution >= 4 is 29.1 Å². The van der Waals surface area contributed by atoms with Crippen LogP contribution in [0.5, 0.6) is 0 Å². The summed E-state index contributed by atoms with van der Waals surface area (Å²) >= 11 is 3.56. The van der Waals surface area contributed by atoms with Gasteiger partial charge < -0.3 is 0 Å². The zero-order chi connectivity index (χ0) is 13.2. The lowest BCUT2D eigenvalue weighted by Crippen LogP contribution is -2.04. The number of nitro benzene ring substituents is 2. The first kappa shape index (κ1) is 13.1. The van der Waals surface area contributed by atoms with Crippen LogP contribution < -0.4 is 0 Å². The Kier molecular flexibility index (Phi) is 3.79. The number of hydrogen-bond donors (Lipinski definition) is 1. The number of rotatable bonds is 4. The van der Waals surface area contributed by atoms with Crippen LogP contribution in [-0.2, 0) is 6.42 Å². The third-order valence-corrected chi connectivity index (χ3v) is 2.44. The van der Waals surface area contributed by atoms with Crippen molar-refractivity contribution in [2.45, 2.75) is 13.3 Å². The number of benzene rings is 1. The Bertz CT molecular complexity index is 479. The largest absolute Gasteiger partial charge is 0.282 e. The molecule has 0 spiro atoms. The van der Waals surface area contributed by atoms with Crippen molar-refractivity contribution in [3.63, 3.8) is 0 Å². The van der Waals surface area contributed by atoms with Crippen LogP contribution in [0, 0.1) is 20.2 Å². The highest BCUT2D eigenvalue weighted by Gasteiger charge is 2.24. The molecule has 0 aliphatic rings. The van der Waals surface area contributed by atoms with Gasteiger partial charge in [0.25, 0.3) is 11.4 Å². The zero-order valence-corrected chi connectivity index (χ0v) is 9.64. The molecule has 0 heterocycles. The van der Waals surface area contributed by atoms with Crippen molar-refractivity contribution in [3.05, 3.63) is 43.5 Å². The lowest BCUT2D eigenvalue weighted by Gasteiger charge is -2.05. The molecule has 0 bridgehead atoms. The quantitative estimate of drug-likeness (QED) is 0.505. The monoisotopic (exact) mass is 256 g/mol. The van der Waals surface area contributed by atoms with Gasteiger partial charge in [0.15, 0.2) is 0 Å². The van der Waals surface area contributed by atoms with Crippen molar-refractivity contribution in [2.75, 3.05) is 0 Å². The molecular formula is C9H8N2O5S. The second kappa shape index (κ2) is 4.91. The molecule has 0 fully saturated rings. The fourth-order valence-corrected chi connectivity index (χ4v) is 1.67. The summed E-state index contributed by atoms with van der Waals surface area (Å²) in [5.74, 6) is 0. The predicted octanol–water partition coefficient (Wildman–Crippen LogP) is 2.14. The fraction of sp³-hybridized carbons (Fsp3) is 0.222. The van der Waals surface area contributed by atoms with Crippen molar-refractivity contribution < 1.29 is 14.6 Å². The Morgan fingerprint density at radius 2 is 1.88 bits per heavy atom. The van der Waals surface area contributed by atoms with E-state index in [-0.39, 0.29) is 17.5 Å². The normalized spacial score (nSPS) is 10.0. The second-order valence-corrected chi connectivity index (χ2v) is 3.57. The van der Waals surface area contributed by atoms with E-state index in [1.54, 1.807) is 6.92 Å². The molecule has 90 valence electrons. The molecule has 0 saturated carbocycles. The van der Waals surface area contributed by atoms with Crippen molar-refractivity contribution in [1.82, 2.24) is 0 Å². The maximum Gasteiger partial charge on any atom is 0.280 e. The molecule has 0 aromatic heterocycles. The highest BCUT2D eigenvalue weighted by atomic mass is 32.1. The second-order valence-electron chi connectivity index (χ2n) is 3.16. The van der Waals surface area contributed by atoms with Crippen molar-refractivity contribution in [2.24, 2.45) is 0 Å². The van der Waals surface area contributed by atoms with E-state index in [0.29, 0.717) is 0 Å². The van der Waals surface area contributed by atoms with Crippen LogP contribution in [0.15, 0.2) is 12.1 Å². The third kappa shape index (κ3) is 2.59. The van der Waals surface area contributed by atoms with Gasteiger partial charge in [0.1, 0.15) is 0 Å². The number of carbonyl (C=O) groups excluding carboxylic acids is 1. The molecule has 1 rings (SSSR count). The minimum absolute atomic E-state index is 0.100. The minimum Gasteiger partial charge on any atom is -0.282 e. The average Bonchev–Trinajstić information content (AvgIpc) is 2.26. The van der Waals surface area contributed by atoms with Gasteiger partial charge >= 0.3 is 0 Å². The summed E-state index contributed by atoms with van der Waals surface area (Å²) in [5, 5.41) is 20.6. The van der Waals surface area contributed by atoms with Crippen LogP contribution >= 0.6 is 12.6 Å². The highest BCUT2D eigenvalue weighted by molar-refractivity contribution is 7.97. The fourth-order valence-electron chi connectivity index (χ4n) is 1.47. The number of hydrogen-bond acceptors (Lipinski definition) is 5. The molecule has 0 radical (unpaired) electrons. The first-order chi connectivity index (χ1) is 7.88. The molecular weight excluding hydrogens is 248 g/mol. The van der Waals surface area contributed by atoms with Gasteiger partial charge in [0, 0.05) is 17.2 Å². The topological polar surface area (TPSA) is 103 Å². The molecule has 0 unspecified atom stereocenters. The zero-order valence-electron chi connectivity index (χ0n) is 8.74. The molecule has 1 aromatic rings. The summed E-state index contributed by atoms with van der Waals surface area (Å²) < 4.78 is 0. The van der Waals surface area contributed by atoms with Crippen LogP contribution in [0.3, 0.4) is 0 Å². The molecule has 0 N–H and O–H groups in total. The molecule has 0 aliphatic heterocycles. The number of non-ortho nitro benzene ring substituents is 1. The van der Waals surface area contributed by atoms with E-state index in [2.05, 4.69) is 12.6 Å². The van der Waals surface area contributed by atoms with Gasteiger partial charge in [-0.05, 0) is 6.42 Å². The Morgan fingerprint density at radius 3 is 2.24 bits per heavy atom. The molecule has 17 heavy (non-hydrogen) atoms. The number of carbonyl (C=O) groups is 1. The standard InChI is InChI=1S/C9H8N2O5S/c1-2-6-7(9(12)17)3-5(10(13)14)4-8(6)11(15)16/h3-4H,2H2,1H3,(H,12,17). The van der Waals surface area contributed by atoms with Gasteiger partial charge in [-0.25, -0.2) is 0 Å². The van der Waals surface area contributed by atoms with Gasteiger partial charge in [0.2, 0.25) is 5.12 Å². The molecule has 0 aliphatic carbocycles. The van der Waals surface area contributed by atoms with Gasteiger partial charge in [0.05, 0.1) is 15.9 Å². The van der Waals surface area contributed by atoms with Gasteiger partial charge in [-0.2, -0.15) is 0 Å². The van der Waals surface area contributed by atoms with E-state index in [9.17, 15) is 25.0 Å². The highest BCUT2D eigenvalue weighted by Crippen LogP contribution is 2.29. The summed E-state index contributed by atoms with van der Waals surface area (Å²) in [6.45, 7) is 1.62. The third-order valence-electron chi connectivity index (χ3n) is 2.20. The number of nitrogens with zero attached hydrogens (tertiary/aromatic N) is 2. The summed E-state index contributed by atoms with van der Waals surface area (Å²) in [6.07, 6.45) is 0.218. The van der Waals surface area contributed by atoms with Crippen molar-refractivity contribution in [3.8, 4) is 0 Å². The van der Waals surface area contributed by atoms with E-state index in [4.69, 9.17) is 0 Å². The van der Waals surface area contributed by atoms with Crippen LogP contribution in [0.25, 0.3) is 0 Å². The van der Waals surface area contributed by atoms with Crippen molar-refractivity contribution in [1.29, 1.82) is 0 Å². The van der Waals surface area contributed by atoms with E-state index in [1.807, 2.05) is 0 Å². The smallest absolute Gasteiger partial charge is 0.280 e. The summed E-state index contributed by atoms with van der Waals surface area (Å²) in [7, 11) is 0.